The van der Waals surface area contributed by atoms with Gasteiger partial charge in [0, 0.05) is 16.7 Å². The Balaban J connectivity index is 2.29. The third-order valence-electron chi connectivity index (χ3n) is 2.10. The maximum Gasteiger partial charge on any atom is 0.411 e. The molecule has 1 aromatic carbocycles. The average molecular weight is 312 g/mol. The number of hydrogen-bond acceptors (Lipinski definition) is 2. The molecule has 0 fully saturated rings. The summed E-state index contributed by atoms with van der Waals surface area (Å²) in [5.74, 6) is 0. The van der Waals surface area contributed by atoms with Crippen molar-refractivity contribution in [3.63, 3.8) is 0 Å². The topological polar surface area (TPSA) is 21.3 Å². The van der Waals surface area contributed by atoms with Crippen LogP contribution in [0.25, 0.3) is 0 Å². The van der Waals surface area contributed by atoms with E-state index in [0.29, 0.717) is 6.54 Å². The lowest BCUT2D eigenvalue weighted by Gasteiger charge is -2.11. The van der Waals surface area contributed by atoms with Gasteiger partial charge >= 0.3 is 6.18 Å². The van der Waals surface area contributed by atoms with Crippen LogP contribution in [0.4, 0.5) is 18.9 Å². The van der Waals surface area contributed by atoms with Crippen molar-refractivity contribution in [1.29, 1.82) is 0 Å². The Morgan fingerprint density at radius 2 is 2.06 bits per heavy atom. The maximum absolute atomic E-state index is 11.8. The van der Waals surface area contributed by atoms with Crippen LogP contribution in [0.1, 0.15) is 5.56 Å². The standard InChI is InChI=1S/C11H13BrF3NO/c1-8-9(12)3-2-4-10(8)16-5-6-17-7-11(13,14)15/h2-4,16H,5-7H2,1H3. The molecule has 1 N–H and O–H groups in total. The van der Waals surface area contributed by atoms with E-state index in [1.807, 2.05) is 25.1 Å². The summed E-state index contributed by atoms with van der Waals surface area (Å²) in [5, 5.41) is 3.02. The molecule has 0 saturated carbocycles. The molecule has 0 radical (unpaired) electrons. The molecule has 1 rings (SSSR count). The van der Waals surface area contributed by atoms with Crippen LogP contribution in [-0.4, -0.2) is 25.9 Å². The number of anilines is 1. The van der Waals surface area contributed by atoms with Gasteiger partial charge in [-0.15, -0.1) is 0 Å². The van der Waals surface area contributed by atoms with Gasteiger partial charge in [0.1, 0.15) is 6.61 Å². The summed E-state index contributed by atoms with van der Waals surface area (Å²) in [4.78, 5) is 0. The molecule has 0 spiro atoms. The minimum Gasteiger partial charge on any atom is -0.382 e. The lowest BCUT2D eigenvalue weighted by atomic mass is 10.2. The largest absolute Gasteiger partial charge is 0.411 e. The van der Waals surface area contributed by atoms with Crippen molar-refractivity contribution in [2.75, 3.05) is 25.1 Å². The summed E-state index contributed by atoms with van der Waals surface area (Å²) in [6, 6.07) is 5.63. The molecule has 0 aromatic heterocycles. The summed E-state index contributed by atoms with van der Waals surface area (Å²) >= 11 is 3.37. The molecule has 0 unspecified atom stereocenters. The molecule has 0 aliphatic carbocycles. The summed E-state index contributed by atoms with van der Waals surface area (Å²) in [6.45, 7) is 1.08. The fraction of sp³-hybridized carbons (Fsp3) is 0.455. The molecule has 1 aromatic rings. The van der Waals surface area contributed by atoms with Crippen molar-refractivity contribution >= 4 is 21.6 Å². The van der Waals surface area contributed by atoms with Crippen molar-refractivity contribution in [3.05, 3.63) is 28.2 Å². The molecular formula is C11H13BrF3NO. The predicted molar refractivity (Wildman–Crippen MR) is 64.2 cm³/mol. The fourth-order valence-corrected chi connectivity index (χ4v) is 1.61. The Bertz CT molecular complexity index is 368. The molecule has 2 nitrogen and oxygen atoms in total. The normalized spacial score (nSPS) is 11.6. The Kier molecular flexibility index (Phi) is 5.27. The lowest BCUT2D eigenvalue weighted by molar-refractivity contribution is -0.172. The highest BCUT2D eigenvalue weighted by molar-refractivity contribution is 9.10. The Labute approximate surface area is 106 Å². The third kappa shape index (κ3) is 5.41. The zero-order valence-corrected chi connectivity index (χ0v) is 10.9. The Morgan fingerprint density at radius 3 is 2.71 bits per heavy atom. The van der Waals surface area contributed by atoms with E-state index in [-0.39, 0.29) is 6.61 Å². The number of alkyl halides is 3. The zero-order valence-electron chi connectivity index (χ0n) is 9.27. The van der Waals surface area contributed by atoms with Gasteiger partial charge in [-0.25, -0.2) is 0 Å². The minimum atomic E-state index is -4.26. The molecule has 6 heteroatoms. The van der Waals surface area contributed by atoms with Gasteiger partial charge in [0.25, 0.3) is 0 Å². The van der Waals surface area contributed by atoms with Crippen LogP contribution >= 0.6 is 15.9 Å². The van der Waals surface area contributed by atoms with Crippen LogP contribution in [0.15, 0.2) is 22.7 Å². The molecule has 0 atom stereocenters. The highest BCUT2D eigenvalue weighted by Crippen LogP contribution is 2.23. The van der Waals surface area contributed by atoms with Crippen molar-refractivity contribution in [1.82, 2.24) is 0 Å². The van der Waals surface area contributed by atoms with Gasteiger partial charge < -0.3 is 10.1 Å². The summed E-state index contributed by atoms with van der Waals surface area (Å²) in [6.07, 6.45) is -4.26. The zero-order chi connectivity index (χ0) is 12.9. The number of ether oxygens (including phenoxy) is 1. The second kappa shape index (κ2) is 6.26. The van der Waals surface area contributed by atoms with E-state index in [9.17, 15) is 13.2 Å². The Hall–Kier alpha value is -0.750. The molecular weight excluding hydrogens is 299 g/mol. The molecule has 0 aliphatic heterocycles. The highest BCUT2D eigenvalue weighted by Gasteiger charge is 2.27. The van der Waals surface area contributed by atoms with Crippen molar-refractivity contribution in [2.45, 2.75) is 13.1 Å². The van der Waals surface area contributed by atoms with Gasteiger partial charge in [0.05, 0.1) is 6.61 Å². The van der Waals surface area contributed by atoms with E-state index < -0.39 is 12.8 Å². The third-order valence-corrected chi connectivity index (χ3v) is 2.95. The van der Waals surface area contributed by atoms with Gasteiger partial charge in [-0.1, -0.05) is 22.0 Å². The molecule has 0 bridgehead atoms. The van der Waals surface area contributed by atoms with Crippen molar-refractivity contribution < 1.29 is 17.9 Å². The molecule has 17 heavy (non-hydrogen) atoms. The van der Waals surface area contributed by atoms with E-state index in [1.165, 1.54) is 0 Å². The van der Waals surface area contributed by atoms with Gasteiger partial charge in [-0.2, -0.15) is 13.2 Å². The van der Waals surface area contributed by atoms with E-state index in [0.717, 1.165) is 15.7 Å². The molecule has 0 amide bonds. The van der Waals surface area contributed by atoms with Gasteiger partial charge in [-0.3, -0.25) is 0 Å². The molecule has 0 aliphatic rings. The summed E-state index contributed by atoms with van der Waals surface area (Å²) < 4.78 is 40.8. The average Bonchev–Trinajstić information content (AvgIpc) is 2.22. The van der Waals surface area contributed by atoms with Crippen LogP contribution in [0.2, 0.25) is 0 Å². The first-order valence-corrected chi connectivity index (χ1v) is 5.83. The minimum absolute atomic E-state index is 0.0193. The predicted octanol–water partition coefficient (Wildman–Crippen LogP) is 3.75. The lowest BCUT2D eigenvalue weighted by Crippen LogP contribution is -2.20. The summed E-state index contributed by atoms with van der Waals surface area (Å²) in [7, 11) is 0. The Morgan fingerprint density at radius 1 is 1.35 bits per heavy atom. The smallest absolute Gasteiger partial charge is 0.382 e. The van der Waals surface area contributed by atoms with Crippen molar-refractivity contribution in [3.8, 4) is 0 Å². The second-order valence-electron chi connectivity index (χ2n) is 3.51. The quantitative estimate of drug-likeness (QED) is 0.836. The number of nitrogens with one attached hydrogen (secondary N) is 1. The fourth-order valence-electron chi connectivity index (χ4n) is 1.24. The van der Waals surface area contributed by atoms with Crippen LogP contribution < -0.4 is 5.32 Å². The second-order valence-corrected chi connectivity index (χ2v) is 4.36. The van der Waals surface area contributed by atoms with Crippen LogP contribution in [0.3, 0.4) is 0 Å². The van der Waals surface area contributed by atoms with E-state index in [4.69, 9.17) is 0 Å². The number of rotatable bonds is 5. The van der Waals surface area contributed by atoms with Crippen LogP contribution in [-0.2, 0) is 4.74 Å². The number of halogens is 4. The van der Waals surface area contributed by atoms with Gasteiger partial charge in [0.15, 0.2) is 0 Å². The monoisotopic (exact) mass is 311 g/mol. The van der Waals surface area contributed by atoms with Crippen LogP contribution in [0, 0.1) is 6.92 Å². The first-order chi connectivity index (χ1) is 7.90. The first kappa shape index (κ1) is 14.3. The highest BCUT2D eigenvalue weighted by atomic mass is 79.9. The van der Waals surface area contributed by atoms with E-state index in [1.54, 1.807) is 0 Å². The number of benzene rings is 1. The van der Waals surface area contributed by atoms with E-state index in [2.05, 4.69) is 26.0 Å². The first-order valence-electron chi connectivity index (χ1n) is 5.03. The molecule has 96 valence electrons. The van der Waals surface area contributed by atoms with Crippen LogP contribution in [0.5, 0.6) is 0 Å². The maximum atomic E-state index is 11.8. The summed E-state index contributed by atoms with van der Waals surface area (Å²) in [5.41, 5.74) is 1.90. The molecule has 0 heterocycles. The van der Waals surface area contributed by atoms with E-state index >= 15 is 0 Å². The van der Waals surface area contributed by atoms with Crippen molar-refractivity contribution in [2.24, 2.45) is 0 Å². The SMILES string of the molecule is Cc1c(Br)cccc1NCCOCC(F)(F)F. The molecule has 0 saturated heterocycles. The van der Waals surface area contributed by atoms with Gasteiger partial charge in [0.2, 0.25) is 0 Å². The van der Waals surface area contributed by atoms with Gasteiger partial charge in [-0.05, 0) is 24.6 Å². The number of hydrogen-bond donors (Lipinski definition) is 1.